The fraction of sp³-hybridized carbons (Fsp3) is 1.00. The lowest BCUT2D eigenvalue weighted by molar-refractivity contribution is 0.166. The third-order valence-corrected chi connectivity index (χ3v) is 2.93. The van der Waals surface area contributed by atoms with Gasteiger partial charge in [0.25, 0.3) is 0 Å². The highest BCUT2D eigenvalue weighted by Crippen LogP contribution is 2.35. The predicted molar refractivity (Wildman–Crippen MR) is 45.4 cm³/mol. The van der Waals surface area contributed by atoms with E-state index in [4.69, 9.17) is 10.5 Å². The van der Waals surface area contributed by atoms with Crippen LogP contribution >= 0.6 is 0 Å². The molecule has 0 amide bonds. The summed E-state index contributed by atoms with van der Waals surface area (Å²) in [5.41, 5.74) is 5.84. The maximum Gasteiger partial charge on any atom is 0.0667 e. The van der Waals surface area contributed by atoms with Crippen LogP contribution in [0.5, 0.6) is 0 Å². The molecule has 1 aliphatic heterocycles. The summed E-state index contributed by atoms with van der Waals surface area (Å²) in [6.45, 7) is 6.53. The third-order valence-electron chi connectivity index (χ3n) is 2.93. The molecule has 1 saturated heterocycles. The molecule has 1 heterocycles. The number of nitrogens with two attached hydrogens (primary N) is 1. The predicted octanol–water partition coefficient (Wildman–Crippen LogP) is -0.0403. The van der Waals surface area contributed by atoms with Crippen molar-refractivity contribution >= 4 is 0 Å². The van der Waals surface area contributed by atoms with Gasteiger partial charge in [0.2, 0.25) is 0 Å². The van der Waals surface area contributed by atoms with Gasteiger partial charge in [-0.3, -0.25) is 0 Å². The van der Waals surface area contributed by atoms with E-state index in [1.165, 1.54) is 0 Å². The summed E-state index contributed by atoms with van der Waals surface area (Å²) in [7, 11) is 1.95. The molecule has 3 nitrogen and oxygen atoms in total. The first-order valence-electron chi connectivity index (χ1n) is 4.05. The summed E-state index contributed by atoms with van der Waals surface area (Å²) in [6.07, 6.45) is 0. The molecule has 1 rings (SSSR count). The van der Waals surface area contributed by atoms with Crippen LogP contribution in [0, 0.1) is 5.41 Å². The van der Waals surface area contributed by atoms with Crippen LogP contribution in [0.15, 0.2) is 0 Å². The lowest BCUT2D eigenvalue weighted by Gasteiger charge is -2.38. The zero-order valence-corrected chi connectivity index (χ0v) is 7.61. The highest BCUT2D eigenvalue weighted by atomic mass is 16.5. The number of rotatable bonds is 2. The van der Waals surface area contributed by atoms with Gasteiger partial charge in [-0.1, -0.05) is 13.8 Å². The molecule has 0 aliphatic carbocycles. The van der Waals surface area contributed by atoms with Crippen molar-refractivity contribution in [2.24, 2.45) is 11.1 Å². The standard InChI is InChI=1S/C8H18N2O/c1-7(2)5-11-6-8(7,4-9)10-3/h10H,4-6,9H2,1-3H3. The van der Waals surface area contributed by atoms with Crippen molar-refractivity contribution in [2.45, 2.75) is 19.4 Å². The van der Waals surface area contributed by atoms with Crippen LogP contribution in [0.2, 0.25) is 0 Å². The molecule has 0 aromatic rings. The van der Waals surface area contributed by atoms with Gasteiger partial charge in [-0.25, -0.2) is 0 Å². The molecule has 1 aliphatic rings. The number of nitrogens with one attached hydrogen (secondary N) is 1. The third kappa shape index (κ3) is 1.17. The van der Waals surface area contributed by atoms with E-state index in [0.717, 1.165) is 13.2 Å². The van der Waals surface area contributed by atoms with Gasteiger partial charge in [0.15, 0.2) is 0 Å². The summed E-state index contributed by atoms with van der Waals surface area (Å²) >= 11 is 0. The average Bonchev–Trinajstić information content (AvgIpc) is 2.26. The van der Waals surface area contributed by atoms with Crippen LogP contribution in [-0.4, -0.2) is 32.3 Å². The van der Waals surface area contributed by atoms with Gasteiger partial charge in [0, 0.05) is 12.0 Å². The van der Waals surface area contributed by atoms with E-state index in [-0.39, 0.29) is 11.0 Å². The second-order valence-corrected chi connectivity index (χ2v) is 3.91. The molecule has 0 aromatic heterocycles. The van der Waals surface area contributed by atoms with Gasteiger partial charge < -0.3 is 15.8 Å². The zero-order valence-electron chi connectivity index (χ0n) is 7.61. The average molecular weight is 158 g/mol. The van der Waals surface area contributed by atoms with Crippen LogP contribution < -0.4 is 11.1 Å². The van der Waals surface area contributed by atoms with Crippen molar-refractivity contribution in [1.82, 2.24) is 5.32 Å². The van der Waals surface area contributed by atoms with E-state index in [0.29, 0.717) is 6.54 Å². The van der Waals surface area contributed by atoms with Crippen LogP contribution in [0.1, 0.15) is 13.8 Å². The van der Waals surface area contributed by atoms with Crippen LogP contribution in [-0.2, 0) is 4.74 Å². The Morgan fingerprint density at radius 1 is 1.45 bits per heavy atom. The van der Waals surface area contributed by atoms with E-state index >= 15 is 0 Å². The van der Waals surface area contributed by atoms with Crippen LogP contribution in [0.4, 0.5) is 0 Å². The van der Waals surface area contributed by atoms with Crippen molar-refractivity contribution in [1.29, 1.82) is 0 Å². The van der Waals surface area contributed by atoms with Crippen LogP contribution in [0.25, 0.3) is 0 Å². The molecule has 0 radical (unpaired) electrons. The van der Waals surface area contributed by atoms with Gasteiger partial charge in [-0.05, 0) is 7.05 Å². The number of ether oxygens (including phenoxy) is 1. The van der Waals surface area contributed by atoms with Crippen molar-refractivity contribution in [3.05, 3.63) is 0 Å². The normalized spacial score (nSPS) is 36.0. The van der Waals surface area contributed by atoms with E-state index in [2.05, 4.69) is 19.2 Å². The molecule has 3 heteroatoms. The van der Waals surface area contributed by atoms with E-state index in [1.807, 2.05) is 7.05 Å². The summed E-state index contributed by atoms with van der Waals surface area (Å²) in [5.74, 6) is 0. The fourth-order valence-corrected chi connectivity index (χ4v) is 1.66. The fourth-order valence-electron chi connectivity index (χ4n) is 1.66. The summed E-state index contributed by atoms with van der Waals surface area (Å²) in [4.78, 5) is 0. The minimum absolute atomic E-state index is 0.0208. The largest absolute Gasteiger partial charge is 0.379 e. The van der Waals surface area contributed by atoms with Gasteiger partial charge in [-0.2, -0.15) is 0 Å². The van der Waals surface area contributed by atoms with E-state index < -0.39 is 0 Å². The molecule has 66 valence electrons. The first-order chi connectivity index (χ1) is 5.08. The molecule has 3 N–H and O–H groups in total. The molecule has 1 atom stereocenters. The summed E-state index contributed by atoms with van der Waals surface area (Å²) < 4.78 is 5.42. The second-order valence-electron chi connectivity index (χ2n) is 3.91. The van der Waals surface area contributed by atoms with E-state index in [9.17, 15) is 0 Å². The Morgan fingerprint density at radius 3 is 2.27 bits per heavy atom. The van der Waals surface area contributed by atoms with Crippen molar-refractivity contribution in [3.63, 3.8) is 0 Å². The molecular formula is C8H18N2O. The number of likely N-dealkylation sites (N-methyl/N-ethyl adjacent to an activating group) is 1. The Hall–Kier alpha value is -0.120. The monoisotopic (exact) mass is 158 g/mol. The minimum Gasteiger partial charge on any atom is -0.379 e. The maximum absolute atomic E-state index is 5.71. The molecule has 0 aromatic carbocycles. The molecule has 0 saturated carbocycles. The zero-order chi connectivity index (χ0) is 8.54. The smallest absolute Gasteiger partial charge is 0.0667 e. The maximum atomic E-state index is 5.71. The molecular weight excluding hydrogens is 140 g/mol. The Bertz CT molecular complexity index is 141. The van der Waals surface area contributed by atoms with Gasteiger partial charge >= 0.3 is 0 Å². The first kappa shape index (κ1) is 8.97. The molecule has 0 spiro atoms. The van der Waals surface area contributed by atoms with Crippen molar-refractivity contribution in [3.8, 4) is 0 Å². The second kappa shape index (κ2) is 2.73. The molecule has 1 unspecified atom stereocenters. The van der Waals surface area contributed by atoms with Crippen molar-refractivity contribution in [2.75, 3.05) is 26.8 Å². The summed E-state index contributed by atoms with van der Waals surface area (Å²) in [5, 5.41) is 3.27. The Labute approximate surface area is 68.3 Å². The SMILES string of the molecule is CNC1(CN)COCC1(C)C. The summed E-state index contributed by atoms with van der Waals surface area (Å²) in [6, 6.07) is 0. The topological polar surface area (TPSA) is 47.3 Å². The highest BCUT2D eigenvalue weighted by Gasteiger charge is 2.47. The number of hydrogen-bond donors (Lipinski definition) is 2. The minimum atomic E-state index is -0.0208. The molecule has 11 heavy (non-hydrogen) atoms. The van der Waals surface area contributed by atoms with Crippen molar-refractivity contribution < 1.29 is 4.74 Å². The van der Waals surface area contributed by atoms with Gasteiger partial charge in [0.05, 0.1) is 18.8 Å². The quantitative estimate of drug-likeness (QED) is 0.593. The Kier molecular flexibility index (Phi) is 2.23. The lowest BCUT2D eigenvalue weighted by atomic mass is 9.75. The molecule has 0 bridgehead atoms. The Morgan fingerprint density at radius 2 is 2.09 bits per heavy atom. The van der Waals surface area contributed by atoms with Crippen LogP contribution in [0.3, 0.4) is 0 Å². The number of hydrogen-bond acceptors (Lipinski definition) is 3. The van der Waals surface area contributed by atoms with E-state index in [1.54, 1.807) is 0 Å². The van der Waals surface area contributed by atoms with Gasteiger partial charge in [-0.15, -0.1) is 0 Å². The lowest BCUT2D eigenvalue weighted by Crippen LogP contribution is -2.59. The first-order valence-corrected chi connectivity index (χ1v) is 4.05. The Balaban J connectivity index is 2.81. The molecule has 1 fully saturated rings. The highest BCUT2D eigenvalue weighted by molar-refractivity contribution is 5.04. The van der Waals surface area contributed by atoms with Gasteiger partial charge in [0.1, 0.15) is 0 Å².